The van der Waals surface area contributed by atoms with E-state index >= 15 is 0 Å². The summed E-state index contributed by atoms with van der Waals surface area (Å²) in [4.78, 5) is 21.5. The Morgan fingerprint density at radius 1 is 1.17 bits per heavy atom. The highest BCUT2D eigenvalue weighted by molar-refractivity contribution is 5.89. The molecule has 2 aromatic heterocycles. The molecule has 0 radical (unpaired) electrons. The number of carbonyl (C=O) groups is 1. The van der Waals surface area contributed by atoms with E-state index in [9.17, 15) is 9.90 Å². The third-order valence-corrected chi connectivity index (χ3v) is 8.51. The lowest BCUT2D eigenvalue weighted by atomic mass is 9.68. The summed E-state index contributed by atoms with van der Waals surface area (Å²) in [5, 5.41) is 11.9. The quantitative estimate of drug-likeness (QED) is 0.614. The zero-order valence-corrected chi connectivity index (χ0v) is 20.6. The summed E-state index contributed by atoms with van der Waals surface area (Å²) < 4.78 is 7.81. The van der Waals surface area contributed by atoms with Crippen molar-refractivity contribution in [1.82, 2.24) is 19.4 Å². The minimum absolute atomic E-state index is 0.0573. The highest BCUT2D eigenvalue weighted by atomic mass is 16.5. The Labute approximate surface area is 206 Å². The molecule has 7 heteroatoms. The number of rotatable bonds is 5. The second kappa shape index (κ2) is 8.64. The molecule has 3 aliphatic rings. The predicted molar refractivity (Wildman–Crippen MR) is 134 cm³/mol. The van der Waals surface area contributed by atoms with Crippen molar-refractivity contribution in [2.75, 3.05) is 33.4 Å². The summed E-state index contributed by atoms with van der Waals surface area (Å²) >= 11 is 0. The van der Waals surface area contributed by atoms with Crippen LogP contribution in [0.2, 0.25) is 0 Å². The summed E-state index contributed by atoms with van der Waals surface area (Å²) in [5.41, 5.74) is 4.81. The molecule has 1 saturated carbocycles. The van der Waals surface area contributed by atoms with Gasteiger partial charge in [0, 0.05) is 74.1 Å². The predicted octanol–water partition coefficient (Wildman–Crippen LogP) is 3.40. The number of aliphatic hydroxyl groups excluding tert-OH is 1. The van der Waals surface area contributed by atoms with Gasteiger partial charge in [-0.15, -0.1) is 0 Å². The largest absolute Gasteiger partial charge is 0.497 e. The lowest BCUT2D eigenvalue weighted by Crippen LogP contribution is -2.54. The summed E-state index contributed by atoms with van der Waals surface area (Å²) in [6.45, 7) is 3.28. The molecule has 1 saturated heterocycles. The smallest absolute Gasteiger partial charge is 0.225 e. The van der Waals surface area contributed by atoms with E-state index in [0.717, 1.165) is 63.1 Å². The number of aliphatic hydroxyl groups is 1. The molecule has 0 bridgehead atoms. The second-order valence-corrected chi connectivity index (χ2v) is 10.5. The van der Waals surface area contributed by atoms with Crippen LogP contribution in [-0.2, 0) is 23.8 Å². The fourth-order valence-corrected chi connectivity index (χ4v) is 6.50. The Bertz CT molecular complexity index is 1240. The summed E-state index contributed by atoms with van der Waals surface area (Å²) in [6.07, 6.45) is 7.64. The van der Waals surface area contributed by atoms with Crippen molar-refractivity contribution in [1.29, 1.82) is 0 Å². The van der Waals surface area contributed by atoms with Crippen LogP contribution in [0.25, 0.3) is 10.9 Å². The summed E-state index contributed by atoms with van der Waals surface area (Å²) in [6, 6.07) is 10.3. The van der Waals surface area contributed by atoms with Crippen LogP contribution in [0.3, 0.4) is 0 Å². The van der Waals surface area contributed by atoms with Gasteiger partial charge in [0.2, 0.25) is 5.91 Å². The highest BCUT2D eigenvalue weighted by Gasteiger charge is 2.49. The topological polar surface area (TPSA) is 70.8 Å². The molecule has 35 heavy (non-hydrogen) atoms. The molecule has 2 aliphatic heterocycles. The number of ether oxygens (including phenoxy) is 1. The van der Waals surface area contributed by atoms with Crippen LogP contribution in [-0.4, -0.2) is 63.7 Å². The first-order valence-corrected chi connectivity index (χ1v) is 12.7. The van der Waals surface area contributed by atoms with E-state index in [2.05, 4.69) is 50.7 Å². The van der Waals surface area contributed by atoms with Crippen LogP contribution in [0.5, 0.6) is 5.75 Å². The highest BCUT2D eigenvalue weighted by Crippen LogP contribution is 2.50. The van der Waals surface area contributed by atoms with E-state index in [-0.39, 0.29) is 24.0 Å². The number of amides is 1. The molecule has 3 aromatic rings. The van der Waals surface area contributed by atoms with Crippen LogP contribution in [0.1, 0.15) is 48.5 Å². The molecule has 1 aliphatic carbocycles. The minimum Gasteiger partial charge on any atom is -0.497 e. The summed E-state index contributed by atoms with van der Waals surface area (Å²) in [7, 11) is 3.81. The molecule has 1 amide bonds. The molecular weight excluding hydrogens is 440 g/mol. The number of hydrogen-bond donors (Lipinski definition) is 1. The number of aryl methyl sites for hydroxylation is 1. The standard InChI is InChI=1S/C28H34N4O3/c1-30-23-15-21(35-2)5-6-22(23)25-26(30)24(17-33)32(16-19-7-11-29-12-8-19)18-28(25)9-13-31(14-10-28)27(34)20-3-4-20/h5-8,11-12,15,20,24,33H,3-4,9-10,13-14,16-18H2,1-2H3/t24-/m1/s1. The van der Waals surface area contributed by atoms with Gasteiger partial charge in [0.25, 0.3) is 0 Å². The van der Waals surface area contributed by atoms with Gasteiger partial charge in [-0.1, -0.05) is 0 Å². The number of fused-ring (bicyclic) bond motifs is 4. The third-order valence-electron chi connectivity index (χ3n) is 8.51. The number of piperidine rings is 1. The number of hydrogen-bond acceptors (Lipinski definition) is 5. The van der Waals surface area contributed by atoms with Crippen LogP contribution in [0.15, 0.2) is 42.7 Å². The number of pyridine rings is 1. The maximum Gasteiger partial charge on any atom is 0.225 e. The first kappa shape index (κ1) is 22.6. The van der Waals surface area contributed by atoms with Gasteiger partial charge < -0.3 is 19.3 Å². The lowest BCUT2D eigenvalue weighted by Gasteiger charge is -2.50. The minimum atomic E-state index is -0.0988. The number of benzene rings is 1. The SMILES string of the molecule is COc1ccc2c3c(n(C)c2c1)[C@@H](CO)N(Cc1ccncc1)CC31CCN(C(=O)C2CC2)CC1. The van der Waals surface area contributed by atoms with Crippen molar-refractivity contribution < 1.29 is 14.6 Å². The molecule has 1 spiro atoms. The first-order chi connectivity index (χ1) is 17.0. The third kappa shape index (κ3) is 3.72. The molecule has 6 rings (SSSR count). The molecule has 7 nitrogen and oxygen atoms in total. The Hall–Kier alpha value is -2.90. The Balaban J connectivity index is 1.45. The number of nitrogens with zero attached hydrogens (tertiary/aromatic N) is 4. The molecule has 1 N–H and O–H groups in total. The first-order valence-electron chi connectivity index (χ1n) is 12.7. The molecular formula is C28H34N4O3. The maximum absolute atomic E-state index is 12.8. The average Bonchev–Trinajstić information content (AvgIpc) is 3.70. The van der Waals surface area contributed by atoms with E-state index in [1.54, 1.807) is 7.11 Å². The number of aromatic nitrogens is 2. The van der Waals surface area contributed by atoms with Crippen molar-refractivity contribution in [3.8, 4) is 5.75 Å². The Morgan fingerprint density at radius 2 is 1.91 bits per heavy atom. The zero-order valence-electron chi connectivity index (χ0n) is 20.6. The van der Waals surface area contributed by atoms with Gasteiger partial charge in [-0.05, 0) is 61.1 Å². The van der Waals surface area contributed by atoms with Gasteiger partial charge in [-0.3, -0.25) is 14.7 Å². The van der Waals surface area contributed by atoms with Crippen molar-refractivity contribution in [3.63, 3.8) is 0 Å². The van der Waals surface area contributed by atoms with E-state index in [4.69, 9.17) is 4.74 Å². The normalized spacial score (nSPS) is 21.9. The van der Waals surface area contributed by atoms with Crippen molar-refractivity contribution in [2.24, 2.45) is 13.0 Å². The van der Waals surface area contributed by atoms with Gasteiger partial charge >= 0.3 is 0 Å². The van der Waals surface area contributed by atoms with Crippen molar-refractivity contribution in [2.45, 2.75) is 43.7 Å². The van der Waals surface area contributed by atoms with Crippen LogP contribution in [0.4, 0.5) is 0 Å². The molecule has 0 unspecified atom stereocenters. The van der Waals surface area contributed by atoms with E-state index in [1.807, 2.05) is 18.5 Å². The molecule has 184 valence electrons. The van der Waals surface area contributed by atoms with E-state index < -0.39 is 0 Å². The molecule has 4 heterocycles. The Kier molecular flexibility index (Phi) is 5.57. The van der Waals surface area contributed by atoms with Gasteiger partial charge in [0.05, 0.1) is 25.3 Å². The van der Waals surface area contributed by atoms with Gasteiger partial charge in [-0.2, -0.15) is 0 Å². The molecule has 1 aromatic carbocycles. The number of methoxy groups -OCH3 is 1. The zero-order chi connectivity index (χ0) is 24.2. The van der Waals surface area contributed by atoms with Crippen LogP contribution in [0, 0.1) is 5.92 Å². The monoisotopic (exact) mass is 474 g/mol. The lowest BCUT2D eigenvalue weighted by molar-refractivity contribution is -0.134. The summed E-state index contributed by atoms with van der Waals surface area (Å²) in [5.74, 6) is 1.45. The fraction of sp³-hybridized carbons (Fsp3) is 0.500. The van der Waals surface area contributed by atoms with Crippen molar-refractivity contribution in [3.05, 3.63) is 59.5 Å². The van der Waals surface area contributed by atoms with E-state index in [0.29, 0.717) is 5.91 Å². The maximum atomic E-state index is 12.8. The van der Waals surface area contributed by atoms with Gasteiger partial charge in [-0.25, -0.2) is 0 Å². The van der Waals surface area contributed by atoms with Gasteiger partial charge in [0.1, 0.15) is 5.75 Å². The molecule has 2 fully saturated rings. The van der Waals surface area contributed by atoms with E-state index in [1.165, 1.54) is 22.2 Å². The number of likely N-dealkylation sites (tertiary alicyclic amines) is 1. The van der Waals surface area contributed by atoms with Crippen molar-refractivity contribution >= 4 is 16.8 Å². The Morgan fingerprint density at radius 3 is 2.57 bits per heavy atom. The second-order valence-electron chi connectivity index (χ2n) is 10.5. The van der Waals surface area contributed by atoms with Crippen LogP contribution < -0.4 is 4.74 Å². The number of carbonyl (C=O) groups excluding carboxylic acids is 1. The fourth-order valence-electron chi connectivity index (χ4n) is 6.50. The van der Waals surface area contributed by atoms with Gasteiger partial charge in [0.15, 0.2) is 0 Å². The average molecular weight is 475 g/mol. The molecule has 1 atom stereocenters. The van der Waals surface area contributed by atoms with Crippen LogP contribution >= 0.6 is 0 Å².